The van der Waals surface area contributed by atoms with Crippen LogP contribution < -0.4 is 0 Å². The predicted octanol–water partition coefficient (Wildman–Crippen LogP) is 6.07. The van der Waals surface area contributed by atoms with Crippen LogP contribution in [0.4, 0.5) is 0 Å². The molecule has 6 rings (SSSR count). The fourth-order valence-electron chi connectivity index (χ4n) is 9.88. The van der Waals surface area contributed by atoms with Crippen LogP contribution in [0.15, 0.2) is 0 Å². The summed E-state index contributed by atoms with van der Waals surface area (Å²) < 4.78 is 11.7. The average molecular weight is 537 g/mol. The SMILES string of the molecule is C.CC(C)(C)C1CC[C@]23CO[C@H](C2)[C@](C)(O)CC[C@@H]13.CC(C)C1CC[C@]23CO[C@H](C2)[C@@](O)(C(=O)O)CC[C@@H]13. The number of carboxylic acid groups (broad SMARTS) is 1. The molecule has 6 aliphatic rings. The maximum absolute atomic E-state index is 11.4. The number of aliphatic carboxylic acids is 1. The number of hydrogen-bond donors (Lipinski definition) is 3. The summed E-state index contributed by atoms with van der Waals surface area (Å²) in [7, 11) is 0. The molecule has 6 heteroatoms. The minimum atomic E-state index is -1.67. The van der Waals surface area contributed by atoms with E-state index in [1.807, 2.05) is 6.92 Å². The third kappa shape index (κ3) is 4.77. The molecule has 2 heterocycles. The molecule has 4 aliphatic carbocycles. The molecular formula is C32H56O6. The Morgan fingerprint density at radius 1 is 0.842 bits per heavy atom. The van der Waals surface area contributed by atoms with E-state index in [1.54, 1.807) is 0 Å². The Balaban J connectivity index is 0.000000173. The van der Waals surface area contributed by atoms with E-state index < -0.39 is 23.3 Å². The molecule has 3 N–H and O–H groups in total. The summed E-state index contributed by atoms with van der Waals surface area (Å²) in [6.45, 7) is 15.2. The van der Waals surface area contributed by atoms with E-state index in [0.717, 1.165) is 50.5 Å². The largest absolute Gasteiger partial charge is 0.479 e. The molecule has 10 atom stereocenters. The van der Waals surface area contributed by atoms with Gasteiger partial charge in [0.15, 0.2) is 5.60 Å². The van der Waals surface area contributed by atoms with Crippen molar-refractivity contribution in [1.82, 2.24) is 0 Å². The van der Waals surface area contributed by atoms with E-state index in [9.17, 15) is 20.1 Å². The van der Waals surface area contributed by atoms with Crippen molar-refractivity contribution in [2.75, 3.05) is 13.2 Å². The van der Waals surface area contributed by atoms with Gasteiger partial charge in [-0.05, 0) is 117 Å². The van der Waals surface area contributed by atoms with Crippen molar-refractivity contribution in [3.8, 4) is 0 Å². The highest BCUT2D eigenvalue weighted by atomic mass is 16.5. The first-order valence-electron chi connectivity index (χ1n) is 15.0. The van der Waals surface area contributed by atoms with Gasteiger partial charge in [0.2, 0.25) is 0 Å². The van der Waals surface area contributed by atoms with Crippen LogP contribution in [0.2, 0.25) is 0 Å². The van der Waals surface area contributed by atoms with Gasteiger partial charge in [-0.3, -0.25) is 0 Å². The average Bonchev–Trinajstić information content (AvgIpc) is 3.55. The van der Waals surface area contributed by atoms with Gasteiger partial charge in [-0.15, -0.1) is 0 Å². The van der Waals surface area contributed by atoms with E-state index >= 15 is 0 Å². The zero-order valence-corrected chi connectivity index (χ0v) is 24.1. The third-order valence-corrected chi connectivity index (χ3v) is 12.2. The second-order valence-electron chi connectivity index (χ2n) is 15.6. The summed E-state index contributed by atoms with van der Waals surface area (Å²) in [5.41, 5.74) is -1.35. The van der Waals surface area contributed by atoms with Crippen molar-refractivity contribution in [3.05, 3.63) is 0 Å². The minimum Gasteiger partial charge on any atom is -0.479 e. The molecule has 0 aromatic rings. The van der Waals surface area contributed by atoms with E-state index in [0.29, 0.717) is 41.6 Å². The number of fused-ring (bicyclic) bond motifs is 2. The van der Waals surface area contributed by atoms with Gasteiger partial charge in [0.25, 0.3) is 0 Å². The van der Waals surface area contributed by atoms with E-state index in [4.69, 9.17) is 9.47 Å². The lowest BCUT2D eigenvalue weighted by atomic mass is 9.67. The minimum absolute atomic E-state index is 0. The monoisotopic (exact) mass is 536 g/mol. The highest BCUT2D eigenvalue weighted by Gasteiger charge is 2.62. The molecule has 2 unspecified atom stereocenters. The fraction of sp³-hybridized carbons (Fsp3) is 0.969. The number of aliphatic hydroxyl groups is 2. The molecule has 220 valence electrons. The van der Waals surface area contributed by atoms with Crippen molar-refractivity contribution in [2.24, 2.45) is 45.8 Å². The predicted molar refractivity (Wildman–Crippen MR) is 149 cm³/mol. The standard InChI is InChI=1S/C16H28O2.C15H24O4.CH4/c1-14(2,3)11-6-8-16-9-13(18-10-16)15(4,17)7-5-12(11)16;1-9(2)10-3-5-14-7-12(19-8-14)15(18,13(16)17)6-4-11(10)14;/h11-13,17H,5-10H2,1-4H3;9-12,18H,3-8H2,1-2H3,(H,16,17);1H4/t11?,12-,13+,15+,16+;10?,11-,12+,14+,15+;/m00./s1. The number of carbonyl (C=O) groups is 1. The lowest BCUT2D eigenvalue weighted by molar-refractivity contribution is -0.175. The third-order valence-electron chi connectivity index (χ3n) is 12.2. The van der Waals surface area contributed by atoms with Gasteiger partial charge in [-0.1, -0.05) is 42.0 Å². The normalized spacial score (nSPS) is 49.3. The summed E-state index contributed by atoms with van der Waals surface area (Å²) in [6.07, 6.45) is 9.68. The van der Waals surface area contributed by atoms with Crippen LogP contribution in [-0.2, 0) is 14.3 Å². The number of carboxylic acids is 1. The Bertz CT molecular complexity index is 878. The van der Waals surface area contributed by atoms with E-state index in [1.165, 1.54) is 25.7 Å². The topological polar surface area (TPSA) is 96.2 Å². The van der Waals surface area contributed by atoms with Crippen LogP contribution in [0.25, 0.3) is 0 Å². The number of hydrogen-bond acceptors (Lipinski definition) is 5. The molecule has 0 aromatic heterocycles. The van der Waals surface area contributed by atoms with Gasteiger partial charge in [0.1, 0.15) is 0 Å². The summed E-state index contributed by atoms with van der Waals surface area (Å²) in [5.74, 6) is 2.24. The van der Waals surface area contributed by atoms with Gasteiger partial charge in [-0.2, -0.15) is 0 Å². The highest BCUT2D eigenvalue weighted by Crippen LogP contribution is 2.63. The quantitative estimate of drug-likeness (QED) is 0.396. The molecule has 2 aliphatic heterocycles. The molecule has 0 aromatic carbocycles. The lowest BCUT2D eigenvalue weighted by Gasteiger charge is -2.38. The van der Waals surface area contributed by atoms with Crippen molar-refractivity contribution in [1.29, 1.82) is 0 Å². The maximum Gasteiger partial charge on any atom is 0.338 e. The zero-order valence-electron chi connectivity index (χ0n) is 24.1. The van der Waals surface area contributed by atoms with Crippen LogP contribution >= 0.6 is 0 Å². The van der Waals surface area contributed by atoms with Crippen LogP contribution in [0.1, 0.15) is 113 Å². The zero-order chi connectivity index (χ0) is 27.0. The Hall–Kier alpha value is -0.690. The molecule has 0 radical (unpaired) electrons. The smallest absolute Gasteiger partial charge is 0.338 e. The summed E-state index contributed by atoms with van der Waals surface area (Å²) in [5, 5.41) is 30.4. The van der Waals surface area contributed by atoms with Crippen molar-refractivity contribution >= 4 is 5.97 Å². The lowest BCUT2D eigenvalue weighted by Crippen LogP contribution is -2.49. The van der Waals surface area contributed by atoms with Crippen LogP contribution in [0.3, 0.4) is 0 Å². The van der Waals surface area contributed by atoms with Crippen LogP contribution in [0.5, 0.6) is 0 Å². The summed E-state index contributed by atoms with van der Waals surface area (Å²) in [4.78, 5) is 11.4. The molecular weight excluding hydrogens is 480 g/mol. The molecule has 6 nitrogen and oxygen atoms in total. The van der Waals surface area contributed by atoms with Crippen molar-refractivity contribution in [3.63, 3.8) is 0 Å². The molecule has 4 bridgehead atoms. The van der Waals surface area contributed by atoms with E-state index in [2.05, 4.69) is 34.6 Å². The summed E-state index contributed by atoms with van der Waals surface area (Å²) >= 11 is 0. The molecule has 6 fully saturated rings. The van der Waals surface area contributed by atoms with Crippen molar-refractivity contribution in [2.45, 2.75) is 137 Å². The first kappa shape index (κ1) is 30.3. The first-order chi connectivity index (χ1) is 17.1. The van der Waals surface area contributed by atoms with E-state index in [-0.39, 0.29) is 18.9 Å². The van der Waals surface area contributed by atoms with Gasteiger partial charge >= 0.3 is 5.97 Å². The highest BCUT2D eigenvalue weighted by molar-refractivity contribution is 5.78. The fourth-order valence-corrected chi connectivity index (χ4v) is 9.88. The van der Waals surface area contributed by atoms with Gasteiger partial charge in [0, 0.05) is 0 Å². The Morgan fingerprint density at radius 2 is 1.39 bits per heavy atom. The second-order valence-corrected chi connectivity index (χ2v) is 15.6. The Labute approximate surface area is 231 Å². The summed E-state index contributed by atoms with van der Waals surface area (Å²) in [6, 6.07) is 0. The molecule has 0 amide bonds. The van der Waals surface area contributed by atoms with Gasteiger partial charge < -0.3 is 24.8 Å². The second kappa shape index (κ2) is 9.99. The Kier molecular flexibility index (Phi) is 7.96. The number of rotatable bonds is 2. The number of ether oxygens (including phenoxy) is 2. The molecule has 2 spiro atoms. The molecule has 2 saturated heterocycles. The van der Waals surface area contributed by atoms with Gasteiger partial charge in [-0.25, -0.2) is 4.79 Å². The first-order valence-corrected chi connectivity index (χ1v) is 15.0. The van der Waals surface area contributed by atoms with Gasteiger partial charge in [0.05, 0.1) is 31.0 Å². The van der Waals surface area contributed by atoms with Crippen LogP contribution in [0, 0.1) is 45.8 Å². The maximum atomic E-state index is 11.4. The Morgan fingerprint density at radius 3 is 2.00 bits per heavy atom. The van der Waals surface area contributed by atoms with Crippen LogP contribution in [-0.4, -0.2) is 57.9 Å². The molecule has 38 heavy (non-hydrogen) atoms. The molecule has 4 saturated carbocycles. The van der Waals surface area contributed by atoms with Crippen molar-refractivity contribution < 1.29 is 29.6 Å².